The number of rotatable bonds is 3. The van der Waals surface area contributed by atoms with Crippen molar-refractivity contribution >= 4 is 35.1 Å². The lowest BCUT2D eigenvalue weighted by atomic mass is 10.1. The van der Waals surface area contributed by atoms with Gasteiger partial charge in [0.15, 0.2) is 4.87 Å². The number of carbonyl (C=O) groups is 2. The highest BCUT2D eigenvalue weighted by Gasteiger charge is 2.59. The van der Waals surface area contributed by atoms with Crippen molar-refractivity contribution < 1.29 is 9.59 Å². The van der Waals surface area contributed by atoms with Crippen LogP contribution < -0.4 is 10.2 Å². The van der Waals surface area contributed by atoms with Crippen LogP contribution in [0, 0.1) is 13.8 Å². The number of hydrogen-bond donors (Lipinski definition) is 1. The monoisotopic (exact) mass is 443 g/mol. The van der Waals surface area contributed by atoms with Crippen molar-refractivity contribution in [2.24, 2.45) is 0 Å². The molecule has 0 saturated carbocycles. The number of thioether (sulfide) groups is 1. The van der Waals surface area contributed by atoms with Crippen LogP contribution in [0.25, 0.3) is 0 Å². The molecule has 1 fully saturated rings. The van der Waals surface area contributed by atoms with E-state index in [0.717, 1.165) is 28.1 Å². The molecule has 2 heterocycles. The number of anilines is 2. The Kier molecular flexibility index (Phi) is 5.18. The van der Waals surface area contributed by atoms with Gasteiger partial charge in [0.25, 0.3) is 5.91 Å². The van der Waals surface area contributed by atoms with Gasteiger partial charge in [-0.2, -0.15) is 0 Å². The molecule has 0 aromatic heterocycles. The molecular weight excluding hydrogens is 418 g/mol. The predicted octanol–water partition coefficient (Wildman–Crippen LogP) is 5.28. The Hall–Kier alpha value is -3.25. The Morgan fingerprint density at radius 2 is 1.78 bits per heavy atom. The molecule has 162 valence electrons. The predicted molar refractivity (Wildman–Crippen MR) is 130 cm³/mol. The van der Waals surface area contributed by atoms with Crippen LogP contribution in [0.3, 0.4) is 0 Å². The zero-order valence-corrected chi connectivity index (χ0v) is 19.0. The third-order valence-electron chi connectivity index (χ3n) is 6.08. The number of amides is 3. The Morgan fingerprint density at radius 3 is 2.56 bits per heavy atom. The molecule has 0 unspecified atom stereocenters. The van der Waals surface area contributed by atoms with Gasteiger partial charge in [0.2, 0.25) is 0 Å². The van der Waals surface area contributed by atoms with Crippen LogP contribution in [0.1, 0.15) is 22.3 Å². The number of aryl methyl sites for hydroxylation is 2. The normalized spacial score (nSPS) is 19.5. The van der Waals surface area contributed by atoms with E-state index in [-0.39, 0.29) is 11.9 Å². The molecule has 3 amide bonds. The molecular formula is C26H25N3O2S. The molecule has 1 atom stereocenters. The summed E-state index contributed by atoms with van der Waals surface area (Å²) in [5.41, 5.74) is 5.82. The zero-order chi connectivity index (χ0) is 22.3. The molecule has 1 saturated heterocycles. The average Bonchev–Trinajstić information content (AvgIpc) is 3.33. The molecule has 6 heteroatoms. The van der Waals surface area contributed by atoms with Gasteiger partial charge in [-0.15, -0.1) is 11.8 Å². The molecule has 2 aliphatic rings. The Labute approximate surface area is 192 Å². The van der Waals surface area contributed by atoms with Gasteiger partial charge in [-0.3, -0.25) is 9.69 Å². The van der Waals surface area contributed by atoms with E-state index in [2.05, 4.69) is 36.5 Å². The molecule has 5 nitrogen and oxygen atoms in total. The number of nitrogens with one attached hydrogen (secondary N) is 1. The largest absolute Gasteiger partial charge is 0.323 e. The maximum Gasteiger partial charge on any atom is 0.323 e. The summed E-state index contributed by atoms with van der Waals surface area (Å²) in [5.74, 6) is 0.654. The van der Waals surface area contributed by atoms with Crippen molar-refractivity contribution in [1.29, 1.82) is 0 Å². The highest BCUT2D eigenvalue weighted by molar-refractivity contribution is 8.01. The van der Waals surface area contributed by atoms with Crippen LogP contribution in [0.2, 0.25) is 0 Å². The van der Waals surface area contributed by atoms with Gasteiger partial charge in [0.05, 0.1) is 12.2 Å². The number of carbonyl (C=O) groups excluding carboxylic acids is 2. The summed E-state index contributed by atoms with van der Waals surface area (Å²) >= 11 is 1.54. The van der Waals surface area contributed by atoms with Crippen molar-refractivity contribution in [1.82, 2.24) is 4.90 Å². The van der Waals surface area contributed by atoms with E-state index in [0.29, 0.717) is 18.8 Å². The van der Waals surface area contributed by atoms with Crippen LogP contribution in [-0.2, 0) is 16.2 Å². The fourth-order valence-corrected chi connectivity index (χ4v) is 5.98. The number of hydrogen-bond acceptors (Lipinski definition) is 3. The Morgan fingerprint density at radius 1 is 1.00 bits per heavy atom. The highest BCUT2D eigenvalue weighted by atomic mass is 32.2. The summed E-state index contributed by atoms with van der Waals surface area (Å²) in [4.78, 5) is 29.8. The minimum Gasteiger partial charge on any atom is -0.308 e. The minimum absolute atomic E-state index is 0.0545. The second-order valence-corrected chi connectivity index (χ2v) is 9.63. The molecule has 1 spiro atoms. The van der Waals surface area contributed by atoms with Gasteiger partial charge in [0.1, 0.15) is 0 Å². The highest BCUT2D eigenvalue weighted by Crippen LogP contribution is 2.54. The number of nitrogens with zero attached hydrogens (tertiary/aromatic N) is 2. The van der Waals surface area contributed by atoms with Crippen LogP contribution in [0.5, 0.6) is 0 Å². The van der Waals surface area contributed by atoms with Crippen molar-refractivity contribution in [2.75, 3.05) is 22.5 Å². The maximum absolute atomic E-state index is 14.0. The lowest BCUT2D eigenvalue weighted by molar-refractivity contribution is -0.123. The van der Waals surface area contributed by atoms with Gasteiger partial charge in [-0.05, 0) is 43.2 Å². The Balaban J connectivity index is 1.50. The number of fused-ring (bicyclic) bond motifs is 2. The quantitative estimate of drug-likeness (QED) is 0.599. The third kappa shape index (κ3) is 3.35. The van der Waals surface area contributed by atoms with E-state index in [4.69, 9.17) is 0 Å². The molecule has 0 radical (unpaired) electrons. The number of para-hydroxylation sites is 1. The third-order valence-corrected chi connectivity index (χ3v) is 7.50. The molecule has 32 heavy (non-hydrogen) atoms. The van der Waals surface area contributed by atoms with E-state index in [1.807, 2.05) is 60.4 Å². The van der Waals surface area contributed by atoms with Gasteiger partial charge in [0, 0.05) is 23.5 Å². The van der Waals surface area contributed by atoms with Gasteiger partial charge < -0.3 is 10.2 Å². The molecule has 0 bridgehead atoms. The summed E-state index contributed by atoms with van der Waals surface area (Å²) in [5, 5.41) is 3.00. The summed E-state index contributed by atoms with van der Waals surface area (Å²) < 4.78 is 0. The van der Waals surface area contributed by atoms with E-state index < -0.39 is 4.87 Å². The van der Waals surface area contributed by atoms with Crippen LogP contribution >= 0.6 is 11.8 Å². The smallest absolute Gasteiger partial charge is 0.308 e. The van der Waals surface area contributed by atoms with Gasteiger partial charge in [-0.1, -0.05) is 60.2 Å². The van der Waals surface area contributed by atoms with Gasteiger partial charge >= 0.3 is 6.03 Å². The molecule has 2 aliphatic heterocycles. The second kappa shape index (κ2) is 8.02. The van der Waals surface area contributed by atoms with E-state index in [1.165, 1.54) is 5.56 Å². The summed E-state index contributed by atoms with van der Waals surface area (Å²) in [6, 6.07) is 23.5. The first-order chi connectivity index (χ1) is 15.5. The first-order valence-corrected chi connectivity index (χ1v) is 11.7. The van der Waals surface area contributed by atoms with Crippen LogP contribution in [0.4, 0.5) is 16.2 Å². The van der Waals surface area contributed by atoms with E-state index in [1.54, 1.807) is 16.7 Å². The summed E-state index contributed by atoms with van der Waals surface area (Å²) in [7, 11) is 0. The first-order valence-electron chi connectivity index (χ1n) is 10.8. The summed E-state index contributed by atoms with van der Waals surface area (Å²) in [6.45, 7) is 5.03. The number of benzene rings is 3. The average molecular weight is 444 g/mol. The van der Waals surface area contributed by atoms with Crippen molar-refractivity contribution in [3.8, 4) is 0 Å². The topological polar surface area (TPSA) is 52.7 Å². The van der Waals surface area contributed by atoms with Gasteiger partial charge in [-0.25, -0.2) is 4.79 Å². The Bertz CT molecular complexity index is 1190. The molecule has 1 N–H and O–H groups in total. The lowest BCUT2D eigenvalue weighted by Crippen LogP contribution is -2.51. The lowest BCUT2D eigenvalue weighted by Gasteiger charge is -2.33. The minimum atomic E-state index is -1.03. The van der Waals surface area contributed by atoms with Crippen molar-refractivity contribution in [2.45, 2.75) is 25.3 Å². The molecule has 5 rings (SSSR count). The fraction of sp³-hybridized carbons (Fsp3) is 0.231. The molecule has 3 aromatic rings. The van der Waals surface area contributed by atoms with E-state index in [9.17, 15) is 9.59 Å². The zero-order valence-electron chi connectivity index (χ0n) is 18.2. The number of urea groups is 1. The van der Waals surface area contributed by atoms with Crippen molar-refractivity contribution in [3.05, 3.63) is 95.1 Å². The summed E-state index contributed by atoms with van der Waals surface area (Å²) in [6.07, 6.45) is 0. The standard InChI is InChI=1S/C26H25N3O2S/c1-18-10-12-20(13-11-18)17-28-23-9-4-3-8-22(23)26(24(28)30)29(14-15-32-26)25(31)27-21-7-5-6-19(2)16-21/h3-13,16H,14-15,17H2,1-2H3,(H,27,31)/t26-/m1/s1. The second-order valence-electron chi connectivity index (χ2n) is 8.34. The van der Waals surface area contributed by atoms with Crippen LogP contribution in [-0.4, -0.2) is 29.1 Å². The van der Waals surface area contributed by atoms with Crippen molar-refractivity contribution in [3.63, 3.8) is 0 Å². The molecule has 0 aliphatic carbocycles. The molecule has 3 aromatic carbocycles. The first kappa shape index (κ1) is 20.6. The van der Waals surface area contributed by atoms with E-state index >= 15 is 0 Å². The van der Waals surface area contributed by atoms with Crippen LogP contribution in [0.15, 0.2) is 72.8 Å². The maximum atomic E-state index is 14.0. The fourth-order valence-electron chi connectivity index (χ4n) is 4.51. The SMILES string of the molecule is Cc1ccc(CN2C(=O)[C@]3(SCCN3C(=O)Nc3cccc(C)c3)c3ccccc32)cc1.